The van der Waals surface area contributed by atoms with Crippen molar-refractivity contribution in [1.29, 1.82) is 5.26 Å². The molecule has 1 unspecified atom stereocenters. The Bertz CT molecular complexity index is 916. The number of nitrogens with zero attached hydrogens (tertiary/aromatic N) is 1. The highest BCUT2D eigenvalue weighted by molar-refractivity contribution is 5.94. The number of benzene rings is 2. The minimum Gasteiger partial charge on any atom is -0.470 e. The molecular formula is C19H14F6N2O2. The topological polar surface area (TPSA) is 62.1 Å². The van der Waals surface area contributed by atoms with Gasteiger partial charge in [0.1, 0.15) is 11.8 Å². The lowest BCUT2D eigenvalue weighted by atomic mass is 10.1. The first-order chi connectivity index (χ1) is 13.4. The van der Waals surface area contributed by atoms with Gasteiger partial charge in [0.15, 0.2) is 0 Å². The molecule has 0 radical (unpaired) electrons. The van der Waals surface area contributed by atoms with Gasteiger partial charge in [-0.3, -0.25) is 4.79 Å². The molecule has 10 heteroatoms. The zero-order valence-electron chi connectivity index (χ0n) is 14.9. The number of nitrogens with one attached hydrogen (secondary N) is 1. The van der Waals surface area contributed by atoms with E-state index in [0.717, 1.165) is 30.3 Å². The third-order valence-corrected chi connectivity index (χ3v) is 3.82. The van der Waals surface area contributed by atoms with E-state index in [0.29, 0.717) is 12.1 Å². The first kappa shape index (κ1) is 22.1. The highest BCUT2D eigenvalue weighted by Crippen LogP contribution is 2.37. The van der Waals surface area contributed by atoms with Crippen LogP contribution in [0.4, 0.5) is 26.3 Å². The molecule has 2 aromatic rings. The molecule has 0 aliphatic carbocycles. The van der Waals surface area contributed by atoms with Crippen molar-refractivity contribution in [2.24, 2.45) is 0 Å². The van der Waals surface area contributed by atoms with Crippen molar-refractivity contribution in [2.45, 2.75) is 24.9 Å². The maximum atomic E-state index is 13.1. The van der Waals surface area contributed by atoms with Crippen LogP contribution in [0.15, 0.2) is 48.5 Å². The Balaban J connectivity index is 2.12. The van der Waals surface area contributed by atoms with Crippen LogP contribution < -0.4 is 10.1 Å². The predicted octanol–water partition coefficient (Wildman–Crippen LogP) is 4.82. The second-order valence-electron chi connectivity index (χ2n) is 6.20. The molecule has 0 spiro atoms. The maximum Gasteiger partial charge on any atom is 0.419 e. The van der Waals surface area contributed by atoms with Gasteiger partial charge in [-0.1, -0.05) is 12.1 Å². The predicted molar refractivity (Wildman–Crippen MR) is 89.9 cm³/mol. The molecule has 0 fully saturated rings. The van der Waals surface area contributed by atoms with Gasteiger partial charge in [0.2, 0.25) is 5.60 Å². The summed E-state index contributed by atoms with van der Waals surface area (Å²) in [5.41, 5.74) is -4.00. The van der Waals surface area contributed by atoms with Crippen LogP contribution in [0, 0.1) is 11.3 Å². The van der Waals surface area contributed by atoms with Gasteiger partial charge in [-0.15, -0.1) is 0 Å². The van der Waals surface area contributed by atoms with Crippen LogP contribution in [0.3, 0.4) is 0 Å². The zero-order valence-corrected chi connectivity index (χ0v) is 14.9. The molecule has 2 aromatic carbocycles. The van der Waals surface area contributed by atoms with E-state index in [1.165, 1.54) is 13.0 Å². The smallest absolute Gasteiger partial charge is 0.419 e. The lowest BCUT2D eigenvalue weighted by molar-refractivity contribution is -0.139. The third kappa shape index (κ3) is 5.63. The number of hydrogen-bond acceptors (Lipinski definition) is 3. The number of nitriles is 1. The summed E-state index contributed by atoms with van der Waals surface area (Å²) in [7, 11) is 0. The number of rotatable bonds is 5. The second-order valence-corrected chi connectivity index (χ2v) is 6.20. The van der Waals surface area contributed by atoms with E-state index in [4.69, 9.17) is 4.74 Å². The fourth-order valence-corrected chi connectivity index (χ4v) is 2.29. The maximum absolute atomic E-state index is 13.1. The van der Waals surface area contributed by atoms with Gasteiger partial charge in [0, 0.05) is 5.56 Å². The number of para-hydroxylation sites is 1. The fraction of sp³-hybridized carbons (Fsp3) is 0.263. The summed E-state index contributed by atoms with van der Waals surface area (Å²) >= 11 is 0. The van der Waals surface area contributed by atoms with Crippen molar-refractivity contribution >= 4 is 5.91 Å². The Morgan fingerprint density at radius 2 is 1.59 bits per heavy atom. The average molecular weight is 416 g/mol. The van der Waals surface area contributed by atoms with Crippen LogP contribution in [-0.2, 0) is 12.4 Å². The number of amides is 1. The van der Waals surface area contributed by atoms with E-state index >= 15 is 0 Å². The summed E-state index contributed by atoms with van der Waals surface area (Å²) in [5.74, 6) is -1.40. The first-order valence-corrected chi connectivity index (χ1v) is 8.08. The number of carbonyl (C=O) groups excluding carboxylic acids is 1. The number of alkyl halides is 6. The molecule has 154 valence electrons. The van der Waals surface area contributed by atoms with Crippen molar-refractivity contribution in [1.82, 2.24) is 5.32 Å². The normalized spacial score (nSPS) is 13.9. The highest BCUT2D eigenvalue weighted by atomic mass is 19.4. The summed E-state index contributed by atoms with van der Waals surface area (Å²) in [6.07, 6.45) is -9.27. The Hall–Kier alpha value is -3.22. The molecule has 0 bridgehead atoms. The molecule has 29 heavy (non-hydrogen) atoms. The van der Waals surface area contributed by atoms with Gasteiger partial charge < -0.3 is 10.1 Å². The number of carbonyl (C=O) groups is 1. The van der Waals surface area contributed by atoms with Crippen molar-refractivity contribution < 1.29 is 35.9 Å². The molecule has 0 aliphatic heterocycles. The molecule has 0 saturated heterocycles. The molecule has 0 aliphatic rings. The van der Waals surface area contributed by atoms with E-state index in [-0.39, 0.29) is 5.56 Å². The molecular weight excluding hydrogens is 402 g/mol. The standard InChI is InChI=1S/C19H14F6N2O2/c1-17(10-26,29-15-5-3-2-4-14(15)19(23,24)25)11-27-16(28)12-6-8-13(9-7-12)18(20,21)22/h2-9H,11H2,1H3,(H,27,28). The van der Waals surface area contributed by atoms with Crippen LogP contribution in [-0.4, -0.2) is 18.1 Å². The van der Waals surface area contributed by atoms with Crippen molar-refractivity contribution in [2.75, 3.05) is 6.54 Å². The summed E-state index contributed by atoms with van der Waals surface area (Å²) in [4.78, 5) is 12.1. The summed E-state index contributed by atoms with van der Waals surface area (Å²) in [5, 5.41) is 11.6. The van der Waals surface area contributed by atoms with Crippen molar-refractivity contribution in [3.63, 3.8) is 0 Å². The molecule has 1 N–H and O–H groups in total. The Morgan fingerprint density at radius 3 is 2.10 bits per heavy atom. The number of ether oxygens (including phenoxy) is 1. The fourth-order valence-electron chi connectivity index (χ4n) is 2.29. The summed E-state index contributed by atoms with van der Waals surface area (Å²) in [6.45, 7) is 0.669. The van der Waals surface area contributed by atoms with Gasteiger partial charge in [-0.2, -0.15) is 31.6 Å². The van der Waals surface area contributed by atoms with Gasteiger partial charge in [-0.05, 0) is 43.3 Å². The lowest BCUT2D eigenvalue weighted by Crippen LogP contribution is -2.44. The van der Waals surface area contributed by atoms with Gasteiger partial charge in [-0.25, -0.2) is 0 Å². The zero-order chi connectivity index (χ0) is 21.9. The van der Waals surface area contributed by atoms with E-state index in [1.807, 2.05) is 0 Å². The van der Waals surface area contributed by atoms with Crippen molar-refractivity contribution in [3.8, 4) is 11.8 Å². The molecule has 0 heterocycles. The second kappa shape index (κ2) is 8.03. The first-order valence-electron chi connectivity index (χ1n) is 8.08. The molecule has 1 amide bonds. The van der Waals surface area contributed by atoms with Gasteiger partial charge >= 0.3 is 12.4 Å². The quantitative estimate of drug-likeness (QED) is 0.712. The van der Waals surface area contributed by atoms with E-state index in [9.17, 15) is 36.4 Å². The van der Waals surface area contributed by atoms with E-state index in [1.54, 1.807) is 6.07 Å². The largest absolute Gasteiger partial charge is 0.470 e. The Kier molecular flexibility index (Phi) is 6.11. The number of halogens is 6. The van der Waals surface area contributed by atoms with Crippen LogP contribution in [0.2, 0.25) is 0 Å². The minimum atomic E-state index is -4.71. The third-order valence-electron chi connectivity index (χ3n) is 3.82. The van der Waals surface area contributed by atoms with Gasteiger partial charge in [0.05, 0.1) is 17.7 Å². The minimum absolute atomic E-state index is 0.117. The van der Waals surface area contributed by atoms with Crippen LogP contribution >= 0.6 is 0 Å². The molecule has 4 nitrogen and oxygen atoms in total. The molecule has 0 saturated carbocycles. The van der Waals surface area contributed by atoms with E-state index < -0.39 is 47.3 Å². The average Bonchev–Trinajstić information content (AvgIpc) is 2.65. The lowest BCUT2D eigenvalue weighted by Gasteiger charge is -2.25. The number of hydrogen-bond donors (Lipinski definition) is 1. The van der Waals surface area contributed by atoms with Crippen LogP contribution in [0.25, 0.3) is 0 Å². The molecule has 0 aromatic heterocycles. The molecule has 2 rings (SSSR count). The van der Waals surface area contributed by atoms with Crippen LogP contribution in [0.5, 0.6) is 5.75 Å². The monoisotopic (exact) mass is 416 g/mol. The Morgan fingerprint density at radius 1 is 1.00 bits per heavy atom. The van der Waals surface area contributed by atoms with Crippen LogP contribution in [0.1, 0.15) is 28.4 Å². The highest BCUT2D eigenvalue weighted by Gasteiger charge is 2.37. The van der Waals surface area contributed by atoms with Crippen molar-refractivity contribution in [3.05, 3.63) is 65.2 Å². The molecule has 1 atom stereocenters. The van der Waals surface area contributed by atoms with Gasteiger partial charge in [0.25, 0.3) is 5.91 Å². The summed E-state index contributed by atoms with van der Waals surface area (Å²) in [6, 6.07) is 9.29. The SMILES string of the molecule is CC(C#N)(CNC(=O)c1ccc(C(F)(F)F)cc1)Oc1ccccc1C(F)(F)F. The Labute approximate surface area is 161 Å². The summed E-state index contributed by atoms with van der Waals surface area (Å²) < 4.78 is 82.1. The van der Waals surface area contributed by atoms with E-state index in [2.05, 4.69) is 5.32 Å².